The second kappa shape index (κ2) is 9.96. The van der Waals surface area contributed by atoms with Gasteiger partial charge in [-0.25, -0.2) is 13.6 Å². The van der Waals surface area contributed by atoms with Gasteiger partial charge in [-0.2, -0.15) is 10.2 Å². The lowest BCUT2D eigenvalue weighted by atomic mass is 10.1. The maximum Gasteiger partial charge on any atom is 0.341 e. The summed E-state index contributed by atoms with van der Waals surface area (Å²) in [6, 6.07) is 12.6. The van der Waals surface area contributed by atoms with Crippen molar-refractivity contribution in [1.82, 2.24) is 4.98 Å². The van der Waals surface area contributed by atoms with Crippen LogP contribution in [0.25, 0.3) is 0 Å². The molecule has 7 nitrogen and oxygen atoms in total. The highest BCUT2D eigenvalue weighted by Crippen LogP contribution is 2.35. The quantitative estimate of drug-likeness (QED) is 0.445. The van der Waals surface area contributed by atoms with Gasteiger partial charge < -0.3 is 19.1 Å². The molecule has 3 aromatic rings. The first-order valence-electron chi connectivity index (χ1n) is 9.95. The van der Waals surface area contributed by atoms with E-state index in [2.05, 4.69) is 4.98 Å². The van der Waals surface area contributed by atoms with E-state index in [9.17, 15) is 13.6 Å². The normalized spacial score (nSPS) is 10.3. The molecule has 0 fully saturated rings. The van der Waals surface area contributed by atoms with Gasteiger partial charge in [-0.3, -0.25) is 0 Å². The van der Waals surface area contributed by atoms with Crippen LogP contribution in [-0.4, -0.2) is 31.7 Å². The summed E-state index contributed by atoms with van der Waals surface area (Å²) < 4.78 is 45.7. The predicted octanol–water partition coefficient (Wildman–Crippen LogP) is 5.37. The van der Waals surface area contributed by atoms with Crippen molar-refractivity contribution in [2.45, 2.75) is 13.8 Å². The van der Waals surface area contributed by atoms with E-state index in [0.29, 0.717) is 11.3 Å². The van der Waals surface area contributed by atoms with Crippen LogP contribution in [0.1, 0.15) is 28.4 Å². The largest absolute Gasteiger partial charge is 0.462 e. The number of nitriles is 1. The Balaban J connectivity index is 2.06. The van der Waals surface area contributed by atoms with Crippen molar-refractivity contribution in [1.29, 1.82) is 5.26 Å². The van der Waals surface area contributed by atoms with Crippen LogP contribution in [0.15, 0.2) is 42.5 Å². The predicted molar refractivity (Wildman–Crippen MR) is 117 cm³/mol. The number of rotatable bonds is 7. The molecule has 9 heteroatoms. The number of anilines is 1. The molecule has 0 radical (unpaired) electrons. The molecule has 0 saturated heterocycles. The Bertz CT molecular complexity index is 1240. The highest BCUT2D eigenvalue weighted by molar-refractivity contribution is 5.93. The lowest BCUT2D eigenvalue weighted by Gasteiger charge is -2.17. The van der Waals surface area contributed by atoms with Crippen LogP contribution in [0.4, 0.5) is 14.5 Å². The van der Waals surface area contributed by atoms with Crippen molar-refractivity contribution in [3.05, 3.63) is 70.8 Å². The number of benzene rings is 2. The summed E-state index contributed by atoms with van der Waals surface area (Å²) in [6.07, 6.45) is 0. The van der Waals surface area contributed by atoms with Gasteiger partial charge in [0, 0.05) is 31.4 Å². The van der Waals surface area contributed by atoms with E-state index in [-0.39, 0.29) is 29.2 Å². The van der Waals surface area contributed by atoms with Crippen LogP contribution in [-0.2, 0) is 4.74 Å². The van der Waals surface area contributed by atoms with Gasteiger partial charge in [0.15, 0.2) is 11.6 Å². The van der Waals surface area contributed by atoms with Crippen molar-refractivity contribution in [2.75, 3.05) is 25.6 Å². The standard InChI is InChI=1S/C24H21F2N3O4/c1-5-31-24(30)18-10-9-16(29(3)4)12-19(18)33-23-21(26)14(2)20(25)22(28-23)32-17-8-6-7-15(11-17)13-27/h6-12H,5H2,1-4H3. The average molecular weight is 453 g/mol. The van der Waals surface area contributed by atoms with Gasteiger partial charge in [0.05, 0.1) is 18.2 Å². The zero-order chi connectivity index (χ0) is 24.1. The smallest absolute Gasteiger partial charge is 0.341 e. The van der Waals surface area contributed by atoms with E-state index in [1.807, 2.05) is 6.07 Å². The Morgan fingerprint density at radius 1 is 1.09 bits per heavy atom. The van der Waals surface area contributed by atoms with E-state index in [1.165, 1.54) is 31.2 Å². The molecule has 0 aliphatic heterocycles. The van der Waals surface area contributed by atoms with Gasteiger partial charge in [0.2, 0.25) is 0 Å². The molecule has 0 unspecified atom stereocenters. The van der Waals surface area contributed by atoms with Crippen molar-refractivity contribution < 1.29 is 27.8 Å². The first-order valence-corrected chi connectivity index (χ1v) is 9.95. The monoisotopic (exact) mass is 453 g/mol. The second-order valence-corrected chi connectivity index (χ2v) is 7.11. The first-order chi connectivity index (χ1) is 15.7. The van der Waals surface area contributed by atoms with E-state index in [0.717, 1.165) is 0 Å². The molecular formula is C24H21F2N3O4. The van der Waals surface area contributed by atoms with Gasteiger partial charge in [-0.05, 0) is 44.2 Å². The molecule has 0 aliphatic rings. The number of aromatic nitrogens is 1. The molecule has 0 spiro atoms. The lowest BCUT2D eigenvalue weighted by Crippen LogP contribution is -2.12. The Morgan fingerprint density at radius 3 is 2.42 bits per heavy atom. The van der Waals surface area contributed by atoms with Gasteiger partial charge in [-0.1, -0.05) is 6.07 Å². The molecule has 0 N–H and O–H groups in total. The first kappa shape index (κ1) is 23.5. The fourth-order valence-electron chi connectivity index (χ4n) is 2.84. The number of ether oxygens (including phenoxy) is 3. The third-order valence-electron chi connectivity index (χ3n) is 4.60. The van der Waals surface area contributed by atoms with Crippen LogP contribution in [0.2, 0.25) is 0 Å². The maximum atomic E-state index is 14.9. The van der Waals surface area contributed by atoms with Crippen molar-refractivity contribution >= 4 is 11.7 Å². The molecule has 3 rings (SSSR count). The average Bonchev–Trinajstić information content (AvgIpc) is 2.80. The molecule has 0 atom stereocenters. The highest BCUT2D eigenvalue weighted by Gasteiger charge is 2.23. The summed E-state index contributed by atoms with van der Waals surface area (Å²) in [7, 11) is 3.57. The fourth-order valence-corrected chi connectivity index (χ4v) is 2.84. The van der Waals surface area contributed by atoms with Gasteiger partial charge in [0.25, 0.3) is 11.8 Å². The topological polar surface area (TPSA) is 84.7 Å². The Labute approximate surface area is 189 Å². The summed E-state index contributed by atoms with van der Waals surface area (Å²) in [4.78, 5) is 18.0. The molecule has 0 amide bonds. The number of hydrogen-bond donors (Lipinski definition) is 0. The second-order valence-electron chi connectivity index (χ2n) is 7.11. The minimum absolute atomic E-state index is 0.0190. The van der Waals surface area contributed by atoms with Crippen LogP contribution < -0.4 is 14.4 Å². The summed E-state index contributed by atoms with van der Waals surface area (Å²) in [5.41, 5.74) is 0.632. The van der Waals surface area contributed by atoms with Gasteiger partial charge >= 0.3 is 5.97 Å². The van der Waals surface area contributed by atoms with Gasteiger partial charge in [0.1, 0.15) is 17.1 Å². The lowest BCUT2D eigenvalue weighted by molar-refractivity contribution is 0.0523. The molecule has 1 heterocycles. The van der Waals surface area contributed by atoms with Crippen LogP contribution in [0.3, 0.4) is 0 Å². The molecule has 170 valence electrons. The Hall–Kier alpha value is -4.19. The molecule has 2 aromatic carbocycles. The number of esters is 1. The van der Waals surface area contributed by atoms with Crippen molar-refractivity contribution in [3.8, 4) is 29.3 Å². The third-order valence-corrected chi connectivity index (χ3v) is 4.60. The molecule has 0 aliphatic carbocycles. The van der Waals surface area contributed by atoms with E-state index in [1.54, 1.807) is 44.1 Å². The zero-order valence-corrected chi connectivity index (χ0v) is 18.5. The number of pyridine rings is 1. The van der Waals surface area contributed by atoms with E-state index < -0.39 is 29.4 Å². The van der Waals surface area contributed by atoms with Gasteiger partial charge in [-0.15, -0.1) is 0 Å². The SMILES string of the molecule is CCOC(=O)c1ccc(N(C)C)cc1Oc1nc(Oc2cccc(C#N)c2)c(F)c(C)c1F. The molecule has 0 saturated carbocycles. The van der Waals surface area contributed by atoms with Crippen LogP contribution in [0.5, 0.6) is 23.3 Å². The third kappa shape index (κ3) is 5.18. The number of carbonyl (C=O) groups excluding carboxylic acids is 1. The molecule has 0 bridgehead atoms. The van der Waals surface area contributed by atoms with Crippen LogP contribution >= 0.6 is 0 Å². The highest BCUT2D eigenvalue weighted by atomic mass is 19.1. The summed E-state index contributed by atoms with van der Waals surface area (Å²) in [5, 5.41) is 9.04. The molecular weight excluding hydrogens is 432 g/mol. The Morgan fingerprint density at radius 2 is 1.79 bits per heavy atom. The Kier molecular flexibility index (Phi) is 7.08. The summed E-state index contributed by atoms with van der Waals surface area (Å²) in [6.45, 7) is 3.00. The van der Waals surface area contributed by atoms with Crippen molar-refractivity contribution in [3.63, 3.8) is 0 Å². The summed E-state index contributed by atoms with van der Waals surface area (Å²) >= 11 is 0. The minimum atomic E-state index is -1.05. The molecule has 1 aromatic heterocycles. The number of hydrogen-bond acceptors (Lipinski definition) is 7. The van der Waals surface area contributed by atoms with E-state index in [4.69, 9.17) is 19.5 Å². The minimum Gasteiger partial charge on any atom is -0.462 e. The maximum absolute atomic E-state index is 14.9. The van der Waals surface area contributed by atoms with E-state index >= 15 is 0 Å². The number of carbonyl (C=O) groups is 1. The summed E-state index contributed by atoms with van der Waals surface area (Å²) in [5.74, 6) is -3.73. The fraction of sp³-hybridized carbons (Fsp3) is 0.208. The zero-order valence-electron chi connectivity index (χ0n) is 18.5. The van der Waals surface area contributed by atoms with Crippen molar-refractivity contribution in [2.24, 2.45) is 0 Å². The molecule has 33 heavy (non-hydrogen) atoms. The number of halogens is 2. The number of nitrogens with zero attached hydrogens (tertiary/aromatic N) is 3. The van der Waals surface area contributed by atoms with Crippen LogP contribution in [0, 0.1) is 29.9 Å².